The molecule has 0 saturated heterocycles. The van der Waals surface area contributed by atoms with E-state index in [0.717, 1.165) is 11.1 Å². The zero-order valence-electron chi connectivity index (χ0n) is 15.7. The van der Waals surface area contributed by atoms with Gasteiger partial charge < -0.3 is 10.2 Å². The summed E-state index contributed by atoms with van der Waals surface area (Å²) in [6, 6.07) is 12.5. The lowest BCUT2D eigenvalue weighted by atomic mass is 10.1. The van der Waals surface area contributed by atoms with Gasteiger partial charge in [0.1, 0.15) is 11.9 Å². The Bertz CT molecular complexity index is 793. The molecule has 0 spiro atoms. The summed E-state index contributed by atoms with van der Waals surface area (Å²) in [5.74, 6) is -1.01. The second-order valence-electron chi connectivity index (χ2n) is 6.73. The molecular formula is C21H24ClFN2O2. The summed E-state index contributed by atoms with van der Waals surface area (Å²) in [5, 5.41) is 3.41. The van der Waals surface area contributed by atoms with E-state index < -0.39 is 6.04 Å². The maximum atomic E-state index is 13.1. The molecule has 2 amide bonds. The van der Waals surface area contributed by atoms with Gasteiger partial charge in [-0.15, -0.1) is 0 Å². The number of rotatable bonds is 7. The van der Waals surface area contributed by atoms with E-state index in [2.05, 4.69) is 5.32 Å². The lowest BCUT2D eigenvalue weighted by Gasteiger charge is -2.30. The molecule has 0 saturated carbocycles. The van der Waals surface area contributed by atoms with Crippen molar-refractivity contribution in [3.63, 3.8) is 0 Å². The lowest BCUT2D eigenvalue weighted by molar-refractivity contribution is -0.143. The van der Waals surface area contributed by atoms with E-state index >= 15 is 0 Å². The van der Waals surface area contributed by atoms with Crippen LogP contribution in [0.15, 0.2) is 48.5 Å². The van der Waals surface area contributed by atoms with Crippen molar-refractivity contribution in [2.45, 2.75) is 39.9 Å². The Kier molecular flexibility index (Phi) is 7.36. The zero-order valence-corrected chi connectivity index (χ0v) is 16.5. The van der Waals surface area contributed by atoms with Crippen molar-refractivity contribution >= 4 is 23.4 Å². The van der Waals surface area contributed by atoms with E-state index in [0.29, 0.717) is 5.02 Å². The smallest absolute Gasteiger partial charge is 0.242 e. The number of hydrogen-bond acceptors (Lipinski definition) is 2. The van der Waals surface area contributed by atoms with Gasteiger partial charge in [0.2, 0.25) is 11.8 Å². The third-order valence-corrected chi connectivity index (χ3v) is 4.67. The monoisotopic (exact) mass is 390 g/mol. The average molecular weight is 391 g/mol. The molecule has 1 atom stereocenters. The number of nitrogens with one attached hydrogen (secondary N) is 1. The van der Waals surface area contributed by atoms with E-state index in [-0.39, 0.29) is 36.6 Å². The molecule has 144 valence electrons. The minimum Gasteiger partial charge on any atom is -0.350 e. The molecule has 0 heterocycles. The number of carbonyl (C=O) groups is 2. The molecule has 2 aromatic rings. The van der Waals surface area contributed by atoms with Gasteiger partial charge in [-0.1, -0.05) is 55.8 Å². The van der Waals surface area contributed by atoms with Gasteiger partial charge in [-0.05, 0) is 36.2 Å². The minimum absolute atomic E-state index is 0.139. The van der Waals surface area contributed by atoms with Gasteiger partial charge in [0, 0.05) is 24.0 Å². The van der Waals surface area contributed by atoms with Gasteiger partial charge >= 0.3 is 0 Å². The van der Waals surface area contributed by atoms with Crippen molar-refractivity contribution in [3.8, 4) is 0 Å². The van der Waals surface area contributed by atoms with E-state index in [1.54, 1.807) is 39.0 Å². The molecule has 0 aliphatic rings. The number of carbonyl (C=O) groups excluding carboxylic acids is 2. The van der Waals surface area contributed by atoms with E-state index in [9.17, 15) is 14.0 Å². The first-order valence-electron chi connectivity index (χ1n) is 8.85. The third-order valence-electron chi connectivity index (χ3n) is 4.30. The lowest BCUT2D eigenvalue weighted by Crippen LogP contribution is -2.48. The SMILES string of the molecule is CC(C)C(=O)N(Cc1ccc(F)cc1)[C@@H](C)C(=O)NCc1ccccc1Cl. The second-order valence-corrected chi connectivity index (χ2v) is 7.14. The fourth-order valence-electron chi connectivity index (χ4n) is 2.64. The summed E-state index contributed by atoms with van der Waals surface area (Å²) in [7, 11) is 0. The Morgan fingerprint density at radius 2 is 1.70 bits per heavy atom. The van der Waals surface area contributed by atoms with Crippen molar-refractivity contribution in [2.24, 2.45) is 5.92 Å². The summed E-state index contributed by atoms with van der Waals surface area (Å²) in [6.07, 6.45) is 0. The summed E-state index contributed by atoms with van der Waals surface area (Å²) in [4.78, 5) is 26.8. The molecule has 0 bridgehead atoms. The maximum absolute atomic E-state index is 13.1. The third kappa shape index (κ3) is 5.79. The van der Waals surface area contributed by atoms with E-state index in [1.807, 2.05) is 18.2 Å². The van der Waals surface area contributed by atoms with Crippen LogP contribution in [0.3, 0.4) is 0 Å². The normalized spacial score (nSPS) is 11.9. The van der Waals surface area contributed by atoms with Gasteiger partial charge in [0.15, 0.2) is 0 Å². The van der Waals surface area contributed by atoms with E-state index in [4.69, 9.17) is 11.6 Å². The Morgan fingerprint density at radius 1 is 1.07 bits per heavy atom. The Labute approximate surface area is 164 Å². The first-order chi connectivity index (χ1) is 12.8. The maximum Gasteiger partial charge on any atom is 0.242 e. The summed E-state index contributed by atoms with van der Waals surface area (Å²) >= 11 is 6.12. The minimum atomic E-state index is -0.674. The summed E-state index contributed by atoms with van der Waals surface area (Å²) in [6.45, 7) is 5.77. The van der Waals surface area contributed by atoms with Crippen LogP contribution in [0.1, 0.15) is 31.9 Å². The average Bonchev–Trinajstić information content (AvgIpc) is 2.65. The molecular weight excluding hydrogens is 367 g/mol. The van der Waals surface area contributed by atoms with Gasteiger partial charge in [-0.25, -0.2) is 4.39 Å². The molecule has 4 nitrogen and oxygen atoms in total. The highest BCUT2D eigenvalue weighted by atomic mass is 35.5. The van der Waals surface area contributed by atoms with Crippen molar-refractivity contribution in [1.29, 1.82) is 0 Å². The number of amides is 2. The molecule has 0 fully saturated rings. The number of nitrogens with zero attached hydrogens (tertiary/aromatic N) is 1. The highest BCUT2D eigenvalue weighted by molar-refractivity contribution is 6.31. The van der Waals surface area contributed by atoms with E-state index in [1.165, 1.54) is 17.0 Å². The predicted octanol–water partition coefficient (Wildman–Crippen LogP) is 4.17. The Hall–Kier alpha value is -2.40. The first kappa shape index (κ1) is 20.9. The fourth-order valence-corrected chi connectivity index (χ4v) is 2.84. The van der Waals surface area contributed by atoms with Crippen LogP contribution in [0.5, 0.6) is 0 Å². The topological polar surface area (TPSA) is 49.4 Å². The molecule has 6 heteroatoms. The van der Waals surface area contributed by atoms with Gasteiger partial charge in [0.05, 0.1) is 0 Å². The van der Waals surface area contributed by atoms with Crippen molar-refractivity contribution in [2.75, 3.05) is 0 Å². The van der Waals surface area contributed by atoms with Crippen LogP contribution in [-0.2, 0) is 22.7 Å². The van der Waals surface area contributed by atoms with Gasteiger partial charge in [-0.2, -0.15) is 0 Å². The summed E-state index contributed by atoms with van der Waals surface area (Å²) in [5.41, 5.74) is 1.57. The molecule has 2 rings (SSSR count). The molecule has 2 aromatic carbocycles. The first-order valence-corrected chi connectivity index (χ1v) is 9.23. The van der Waals surface area contributed by atoms with Crippen LogP contribution in [0.25, 0.3) is 0 Å². The van der Waals surface area contributed by atoms with Crippen LogP contribution in [-0.4, -0.2) is 22.8 Å². The van der Waals surface area contributed by atoms with Crippen LogP contribution >= 0.6 is 11.6 Å². The van der Waals surface area contributed by atoms with Crippen LogP contribution in [0.4, 0.5) is 4.39 Å². The van der Waals surface area contributed by atoms with Crippen molar-refractivity contribution < 1.29 is 14.0 Å². The molecule has 1 N–H and O–H groups in total. The number of halogens is 2. The second kappa shape index (κ2) is 9.51. The molecule has 0 radical (unpaired) electrons. The zero-order chi connectivity index (χ0) is 20.0. The van der Waals surface area contributed by atoms with Gasteiger partial charge in [-0.3, -0.25) is 9.59 Å². The quantitative estimate of drug-likeness (QED) is 0.771. The van der Waals surface area contributed by atoms with Gasteiger partial charge in [0.25, 0.3) is 0 Å². The van der Waals surface area contributed by atoms with Crippen LogP contribution in [0.2, 0.25) is 5.02 Å². The molecule has 0 unspecified atom stereocenters. The standard InChI is InChI=1S/C21H24ClFN2O2/c1-14(2)21(27)25(13-16-8-10-18(23)11-9-16)15(3)20(26)24-12-17-6-4-5-7-19(17)22/h4-11,14-15H,12-13H2,1-3H3,(H,24,26)/t15-/m0/s1. The van der Waals surface area contributed by atoms with Crippen molar-refractivity contribution in [3.05, 3.63) is 70.5 Å². The Morgan fingerprint density at radius 3 is 2.30 bits per heavy atom. The predicted molar refractivity (Wildman–Crippen MR) is 105 cm³/mol. The number of benzene rings is 2. The van der Waals surface area contributed by atoms with Crippen LogP contribution in [0, 0.1) is 11.7 Å². The Balaban J connectivity index is 2.10. The molecule has 0 aliphatic heterocycles. The highest BCUT2D eigenvalue weighted by Gasteiger charge is 2.27. The molecule has 0 aliphatic carbocycles. The largest absolute Gasteiger partial charge is 0.350 e. The highest BCUT2D eigenvalue weighted by Crippen LogP contribution is 2.16. The number of hydrogen-bond donors (Lipinski definition) is 1. The van der Waals surface area contributed by atoms with Crippen LogP contribution < -0.4 is 5.32 Å². The summed E-state index contributed by atoms with van der Waals surface area (Å²) < 4.78 is 13.1. The molecule has 0 aromatic heterocycles. The fraction of sp³-hybridized carbons (Fsp3) is 0.333. The van der Waals surface area contributed by atoms with Crippen molar-refractivity contribution in [1.82, 2.24) is 10.2 Å². The molecule has 27 heavy (non-hydrogen) atoms.